The summed E-state index contributed by atoms with van der Waals surface area (Å²) in [6, 6.07) is 16.3. The lowest BCUT2D eigenvalue weighted by atomic mass is 9.82. The van der Waals surface area contributed by atoms with E-state index in [4.69, 9.17) is 16.3 Å². The number of nitrogens with one attached hydrogen (secondary N) is 1. The van der Waals surface area contributed by atoms with Crippen LogP contribution in [0.2, 0.25) is 5.02 Å². The number of anilines is 1. The predicted molar refractivity (Wildman–Crippen MR) is 123 cm³/mol. The van der Waals surface area contributed by atoms with Gasteiger partial charge in [0.15, 0.2) is 0 Å². The minimum absolute atomic E-state index is 0.0991. The van der Waals surface area contributed by atoms with Crippen LogP contribution in [0.1, 0.15) is 29.5 Å². The molecule has 2 aromatic carbocycles. The summed E-state index contributed by atoms with van der Waals surface area (Å²) in [5.74, 6) is -0.909. The normalized spacial score (nSPS) is 15.2. The number of ether oxygens (including phenoxy) is 1. The maximum atomic E-state index is 13.3. The van der Waals surface area contributed by atoms with Gasteiger partial charge in [-0.25, -0.2) is 9.59 Å². The molecule has 0 radical (unpaired) electrons. The van der Waals surface area contributed by atoms with Crippen LogP contribution in [0, 0.1) is 0 Å². The molecule has 0 spiro atoms. The molecule has 1 aromatic heterocycles. The Morgan fingerprint density at radius 1 is 1.03 bits per heavy atom. The van der Waals surface area contributed by atoms with Gasteiger partial charge in [-0.1, -0.05) is 54.1 Å². The van der Waals surface area contributed by atoms with Gasteiger partial charge in [-0.2, -0.15) is 0 Å². The number of halogens is 1. The number of esters is 1. The molecule has 4 rings (SSSR count). The molecule has 0 saturated carbocycles. The summed E-state index contributed by atoms with van der Waals surface area (Å²) < 4.78 is 8.02. The third kappa shape index (κ3) is 3.76. The Bertz CT molecular complexity index is 1340. The third-order valence-electron chi connectivity index (χ3n) is 5.62. The van der Waals surface area contributed by atoms with Crippen molar-refractivity contribution in [3.05, 3.63) is 108 Å². The minimum atomic E-state index is -0.725. The Morgan fingerprint density at radius 3 is 2.34 bits per heavy atom. The maximum absolute atomic E-state index is 13.3. The lowest BCUT2D eigenvalue weighted by Gasteiger charge is -2.30. The fourth-order valence-corrected chi connectivity index (χ4v) is 4.07. The molecule has 0 saturated heterocycles. The molecule has 0 amide bonds. The van der Waals surface area contributed by atoms with Gasteiger partial charge in [-0.05, 0) is 30.2 Å². The quantitative estimate of drug-likeness (QED) is 0.615. The summed E-state index contributed by atoms with van der Waals surface area (Å²) in [4.78, 5) is 39.0. The van der Waals surface area contributed by atoms with Crippen LogP contribution in [0.5, 0.6) is 0 Å². The number of fused-ring (bicyclic) bond motifs is 1. The summed E-state index contributed by atoms with van der Waals surface area (Å²) in [7, 11) is 3.00. The molecule has 8 heteroatoms. The molecule has 1 aliphatic rings. The van der Waals surface area contributed by atoms with Crippen LogP contribution in [-0.4, -0.2) is 15.1 Å². The number of carbonyl (C=O) groups is 1. The first kappa shape index (κ1) is 21.6. The first-order valence-corrected chi connectivity index (χ1v) is 10.4. The number of benzene rings is 2. The molecular formula is C24H22ClN3O4. The van der Waals surface area contributed by atoms with E-state index in [1.165, 1.54) is 11.6 Å². The standard InChI is InChI=1S/C24H22ClN3O4/c1-14-18(23(30)32-13-15-7-5-4-6-8-15)19(16-9-11-17(25)12-10-16)20-21(26-14)27(2)24(31)28(3)22(20)29/h4-12,19,26H,13H2,1-3H3/t19-/m1/s1. The van der Waals surface area contributed by atoms with Crippen molar-refractivity contribution in [3.63, 3.8) is 0 Å². The summed E-state index contributed by atoms with van der Waals surface area (Å²) in [6.07, 6.45) is 0. The van der Waals surface area contributed by atoms with Crippen LogP contribution >= 0.6 is 11.6 Å². The Hall–Kier alpha value is -3.58. The van der Waals surface area contributed by atoms with E-state index in [0.717, 1.165) is 10.1 Å². The zero-order valence-corrected chi connectivity index (χ0v) is 18.6. The highest BCUT2D eigenvalue weighted by molar-refractivity contribution is 6.30. The average molecular weight is 452 g/mol. The van der Waals surface area contributed by atoms with E-state index in [-0.39, 0.29) is 6.61 Å². The molecule has 32 heavy (non-hydrogen) atoms. The second kappa shape index (κ2) is 8.51. The number of carbonyl (C=O) groups excluding carboxylic acids is 1. The summed E-state index contributed by atoms with van der Waals surface area (Å²) >= 11 is 6.07. The molecule has 7 nitrogen and oxygen atoms in total. The Labute approximate surface area is 189 Å². The monoisotopic (exact) mass is 451 g/mol. The molecule has 0 fully saturated rings. The Balaban J connectivity index is 1.86. The topological polar surface area (TPSA) is 82.3 Å². The number of hydrogen-bond acceptors (Lipinski definition) is 5. The van der Waals surface area contributed by atoms with E-state index in [1.54, 1.807) is 38.2 Å². The SMILES string of the molecule is CC1=C(C(=O)OCc2ccccc2)[C@@H](c2ccc(Cl)cc2)c2c(n(C)c(=O)n(C)c2=O)N1. The molecule has 1 aliphatic heterocycles. The largest absolute Gasteiger partial charge is 0.457 e. The molecule has 1 atom stereocenters. The van der Waals surface area contributed by atoms with Crippen molar-refractivity contribution in [1.29, 1.82) is 0 Å². The van der Waals surface area contributed by atoms with Gasteiger partial charge in [-0.15, -0.1) is 0 Å². The summed E-state index contributed by atoms with van der Waals surface area (Å²) in [5.41, 5.74) is 1.73. The Kier molecular flexibility index (Phi) is 5.76. The highest BCUT2D eigenvalue weighted by Crippen LogP contribution is 2.40. The first-order valence-electron chi connectivity index (χ1n) is 10.0. The molecule has 0 aliphatic carbocycles. The molecule has 164 valence electrons. The first-order chi connectivity index (χ1) is 15.3. The Morgan fingerprint density at radius 2 is 1.69 bits per heavy atom. The van der Waals surface area contributed by atoms with E-state index in [9.17, 15) is 14.4 Å². The van der Waals surface area contributed by atoms with Gasteiger partial charge < -0.3 is 10.1 Å². The van der Waals surface area contributed by atoms with Crippen LogP contribution in [0.25, 0.3) is 0 Å². The minimum Gasteiger partial charge on any atom is -0.457 e. The highest BCUT2D eigenvalue weighted by Gasteiger charge is 2.37. The van der Waals surface area contributed by atoms with Gasteiger partial charge in [0.1, 0.15) is 12.4 Å². The number of nitrogens with zero attached hydrogens (tertiary/aromatic N) is 2. The summed E-state index contributed by atoms with van der Waals surface area (Å²) in [6.45, 7) is 1.83. The number of rotatable bonds is 4. The molecular weight excluding hydrogens is 430 g/mol. The van der Waals surface area contributed by atoms with Crippen molar-refractivity contribution in [2.24, 2.45) is 14.1 Å². The average Bonchev–Trinajstić information content (AvgIpc) is 2.80. The van der Waals surface area contributed by atoms with Crippen LogP contribution < -0.4 is 16.6 Å². The van der Waals surface area contributed by atoms with E-state index in [1.807, 2.05) is 30.3 Å². The maximum Gasteiger partial charge on any atom is 0.337 e. The van der Waals surface area contributed by atoms with Gasteiger partial charge >= 0.3 is 11.7 Å². The third-order valence-corrected chi connectivity index (χ3v) is 5.87. The van der Waals surface area contributed by atoms with Crippen molar-refractivity contribution in [2.75, 3.05) is 5.32 Å². The van der Waals surface area contributed by atoms with Gasteiger partial charge in [0.25, 0.3) is 5.56 Å². The van der Waals surface area contributed by atoms with Crippen molar-refractivity contribution in [1.82, 2.24) is 9.13 Å². The van der Waals surface area contributed by atoms with E-state index < -0.39 is 23.1 Å². The predicted octanol–water partition coefficient (Wildman–Crippen LogP) is 3.31. The van der Waals surface area contributed by atoms with Gasteiger partial charge in [0.2, 0.25) is 0 Å². The molecule has 0 bridgehead atoms. The van der Waals surface area contributed by atoms with Crippen molar-refractivity contribution in [2.45, 2.75) is 19.4 Å². The van der Waals surface area contributed by atoms with Gasteiger partial charge in [0.05, 0.1) is 17.1 Å². The lowest BCUT2D eigenvalue weighted by Crippen LogP contribution is -2.43. The molecule has 0 unspecified atom stereocenters. The second-order valence-corrected chi connectivity index (χ2v) is 8.11. The van der Waals surface area contributed by atoms with E-state index >= 15 is 0 Å². The van der Waals surface area contributed by atoms with Crippen LogP contribution in [0.15, 0.2) is 75.5 Å². The zero-order valence-electron chi connectivity index (χ0n) is 17.9. The van der Waals surface area contributed by atoms with Crippen molar-refractivity contribution in [3.8, 4) is 0 Å². The van der Waals surface area contributed by atoms with E-state index in [2.05, 4.69) is 5.32 Å². The highest BCUT2D eigenvalue weighted by atomic mass is 35.5. The fraction of sp³-hybridized carbons (Fsp3) is 0.208. The van der Waals surface area contributed by atoms with E-state index in [0.29, 0.717) is 33.2 Å². The molecule has 1 N–H and O–H groups in total. The van der Waals surface area contributed by atoms with Crippen molar-refractivity contribution < 1.29 is 9.53 Å². The number of hydrogen-bond donors (Lipinski definition) is 1. The molecule has 3 aromatic rings. The fourth-order valence-electron chi connectivity index (χ4n) is 3.95. The van der Waals surface area contributed by atoms with Crippen molar-refractivity contribution >= 4 is 23.4 Å². The number of aromatic nitrogens is 2. The second-order valence-electron chi connectivity index (χ2n) is 7.68. The smallest absolute Gasteiger partial charge is 0.337 e. The zero-order chi connectivity index (χ0) is 23.0. The lowest BCUT2D eigenvalue weighted by molar-refractivity contribution is -0.140. The van der Waals surface area contributed by atoms with Crippen LogP contribution in [0.4, 0.5) is 5.82 Å². The van der Waals surface area contributed by atoms with Crippen LogP contribution in [0.3, 0.4) is 0 Å². The van der Waals surface area contributed by atoms with Gasteiger partial charge in [0, 0.05) is 24.8 Å². The van der Waals surface area contributed by atoms with Gasteiger partial charge in [-0.3, -0.25) is 13.9 Å². The summed E-state index contributed by atoms with van der Waals surface area (Å²) in [5, 5.41) is 3.61. The molecule has 2 heterocycles. The number of allylic oxidation sites excluding steroid dienone is 1. The van der Waals surface area contributed by atoms with Crippen LogP contribution in [-0.2, 0) is 30.2 Å².